The molecular weight excluding hydrogens is 387 g/mol. The predicted molar refractivity (Wildman–Crippen MR) is 102 cm³/mol. The first-order valence-electron chi connectivity index (χ1n) is 8.65. The normalized spacial score (nSPS) is 12.0. The van der Waals surface area contributed by atoms with Gasteiger partial charge in [0.05, 0.1) is 23.0 Å². The van der Waals surface area contributed by atoms with Crippen LogP contribution in [0.4, 0.5) is 19.0 Å². The summed E-state index contributed by atoms with van der Waals surface area (Å²) in [7, 11) is 0. The summed E-state index contributed by atoms with van der Waals surface area (Å²) in [5.41, 5.74) is 5.80. The molecule has 4 aromatic rings. The number of fused-ring (bicyclic) bond motifs is 3. The molecule has 0 saturated carbocycles. The minimum absolute atomic E-state index is 0.161. The number of alkyl halides is 3. The molecule has 10 heteroatoms. The molecule has 0 aliphatic rings. The zero-order valence-electron chi connectivity index (χ0n) is 14.9. The maximum absolute atomic E-state index is 13.6. The average molecular weight is 403 g/mol. The number of phenols is 2. The Morgan fingerprint density at radius 1 is 1.10 bits per heavy atom. The van der Waals surface area contributed by atoms with E-state index in [1.54, 1.807) is 0 Å². The fraction of sp³-hybridized carbons (Fsp3) is 0.158. The predicted octanol–water partition coefficient (Wildman–Crippen LogP) is 3.35. The fourth-order valence-electron chi connectivity index (χ4n) is 3.18. The van der Waals surface area contributed by atoms with Gasteiger partial charge in [0, 0.05) is 18.7 Å². The van der Waals surface area contributed by atoms with Crippen LogP contribution in [0.5, 0.6) is 11.5 Å². The smallest absolute Gasteiger partial charge is 0.418 e. The van der Waals surface area contributed by atoms with Crippen LogP contribution in [0.1, 0.15) is 5.56 Å². The zero-order chi connectivity index (χ0) is 20.8. The monoisotopic (exact) mass is 403 g/mol. The van der Waals surface area contributed by atoms with Crippen LogP contribution in [0.2, 0.25) is 0 Å². The third kappa shape index (κ3) is 3.17. The highest BCUT2D eigenvalue weighted by molar-refractivity contribution is 5.88. The number of aromatic nitrogens is 3. The maximum Gasteiger partial charge on any atom is 0.418 e. The third-order valence-electron chi connectivity index (χ3n) is 4.47. The second kappa shape index (κ2) is 6.82. The first-order chi connectivity index (χ1) is 13.8. The Bertz CT molecular complexity index is 1220. The number of para-hydroxylation sites is 1. The van der Waals surface area contributed by atoms with Crippen molar-refractivity contribution in [2.75, 3.05) is 18.4 Å². The van der Waals surface area contributed by atoms with Gasteiger partial charge in [0.2, 0.25) is 0 Å². The number of imidazole rings is 1. The van der Waals surface area contributed by atoms with Crippen LogP contribution < -0.4 is 11.1 Å². The van der Waals surface area contributed by atoms with Crippen molar-refractivity contribution >= 4 is 22.5 Å². The second-order valence-electron chi connectivity index (χ2n) is 6.35. The van der Waals surface area contributed by atoms with Gasteiger partial charge in [-0.15, -0.1) is 0 Å². The van der Waals surface area contributed by atoms with Crippen molar-refractivity contribution in [1.82, 2.24) is 14.4 Å². The molecule has 2 heterocycles. The number of phenolic OH excluding ortho intramolecular Hbond substituents is 2. The maximum atomic E-state index is 13.6. The number of halogens is 3. The largest absolute Gasteiger partial charge is 0.504 e. The van der Waals surface area contributed by atoms with Gasteiger partial charge in [-0.05, 0) is 30.3 Å². The number of nitrogens with zero attached hydrogens (tertiary/aromatic N) is 3. The molecule has 0 amide bonds. The minimum atomic E-state index is -4.59. The van der Waals surface area contributed by atoms with Gasteiger partial charge >= 0.3 is 6.18 Å². The van der Waals surface area contributed by atoms with Crippen molar-refractivity contribution in [3.63, 3.8) is 0 Å². The molecule has 4 rings (SSSR count). The number of hydrogen-bond acceptors (Lipinski definition) is 6. The van der Waals surface area contributed by atoms with Gasteiger partial charge in [-0.2, -0.15) is 13.2 Å². The van der Waals surface area contributed by atoms with E-state index in [0.717, 1.165) is 6.07 Å². The third-order valence-corrected chi connectivity index (χ3v) is 4.47. The Morgan fingerprint density at radius 2 is 1.90 bits per heavy atom. The first kappa shape index (κ1) is 18.8. The molecule has 2 aromatic heterocycles. The summed E-state index contributed by atoms with van der Waals surface area (Å²) in [6, 6.07) is 7.93. The van der Waals surface area contributed by atoms with Crippen LogP contribution in [-0.4, -0.2) is 37.7 Å². The van der Waals surface area contributed by atoms with Crippen LogP contribution in [0.3, 0.4) is 0 Å². The Morgan fingerprint density at radius 3 is 2.59 bits per heavy atom. The molecule has 0 bridgehead atoms. The van der Waals surface area contributed by atoms with E-state index in [-0.39, 0.29) is 34.9 Å². The molecule has 7 nitrogen and oxygen atoms in total. The second-order valence-corrected chi connectivity index (χ2v) is 6.35. The summed E-state index contributed by atoms with van der Waals surface area (Å²) in [5.74, 6) is -0.499. The lowest BCUT2D eigenvalue weighted by atomic mass is 10.1. The Balaban J connectivity index is 2.09. The van der Waals surface area contributed by atoms with Gasteiger partial charge in [-0.1, -0.05) is 6.07 Å². The van der Waals surface area contributed by atoms with Crippen LogP contribution in [0.15, 0.2) is 42.6 Å². The van der Waals surface area contributed by atoms with E-state index in [9.17, 15) is 23.4 Å². The summed E-state index contributed by atoms with van der Waals surface area (Å²) in [6.07, 6.45) is -3.13. The van der Waals surface area contributed by atoms with E-state index in [1.165, 1.54) is 40.9 Å². The van der Waals surface area contributed by atoms with E-state index in [4.69, 9.17) is 5.73 Å². The van der Waals surface area contributed by atoms with Gasteiger partial charge in [0.25, 0.3) is 0 Å². The highest BCUT2D eigenvalue weighted by Crippen LogP contribution is 2.37. The van der Waals surface area contributed by atoms with Crippen LogP contribution in [0.25, 0.3) is 27.9 Å². The topological polar surface area (TPSA) is 109 Å². The molecule has 0 radical (unpaired) electrons. The number of nitrogens with one attached hydrogen (secondary N) is 1. The number of benzene rings is 2. The van der Waals surface area contributed by atoms with E-state index in [2.05, 4.69) is 15.3 Å². The average Bonchev–Trinajstić information content (AvgIpc) is 3.12. The van der Waals surface area contributed by atoms with Crippen molar-refractivity contribution in [2.45, 2.75) is 6.18 Å². The minimum Gasteiger partial charge on any atom is -0.504 e. The lowest BCUT2D eigenvalue weighted by Gasteiger charge is -2.15. The SMILES string of the molecule is NCCNc1nc2c(C(F)(F)F)cccc2n2c(-c3ccc(O)c(O)c3)cnc12. The van der Waals surface area contributed by atoms with Crippen molar-refractivity contribution in [3.05, 3.63) is 48.2 Å². The first-order valence-corrected chi connectivity index (χ1v) is 8.65. The van der Waals surface area contributed by atoms with Crippen LogP contribution in [0, 0.1) is 0 Å². The molecule has 0 spiro atoms. The van der Waals surface area contributed by atoms with Gasteiger partial charge < -0.3 is 21.3 Å². The molecule has 29 heavy (non-hydrogen) atoms. The number of hydrogen-bond donors (Lipinski definition) is 4. The van der Waals surface area contributed by atoms with Crippen LogP contribution >= 0.6 is 0 Å². The van der Waals surface area contributed by atoms with Gasteiger partial charge in [-0.3, -0.25) is 4.40 Å². The highest BCUT2D eigenvalue weighted by atomic mass is 19.4. The molecule has 150 valence electrons. The van der Waals surface area contributed by atoms with Crippen molar-refractivity contribution < 1.29 is 23.4 Å². The zero-order valence-corrected chi connectivity index (χ0v) is 14.9. The summed E-state index contributed by atoms with van der Waals surface area (Å²) in [4.78, 5) is 8.50. The molecule has 0 unspecified atom stereocenters. The Kier molecular flexibility index (Phi) is 4.42. The summed E-state index contributed by atoms with van der Waals surface area (Å²) in [5, 5.41) is 22.3. The summed E-state index contributed by atoms with van der Waals surface area (Å²) >= 11 is 0. The molecule has 0 saturated heterocycles. The number of aromatic hydroxyl groups is 2. The molecule has 5 N–H and O–H groups in total. The summed E-state index contributed by atoms with van der Waals surface area (Å²) in [6.45, 7) is 0.552. The molecule has 0 atom stereocenters. The van der Waals surface area contributed by atoms with Gasteiger partial charge in [-0.25, -0.2) is 9.97 Å². The quantitative estimate of drug-likeness (QED) is 0.389. The molecular formula is C19H16F3N5O2. The molecule has 0 aliphatic heterocycles. The fourth-order valence-corrected chi connectivity index (χ4v) is 3.18. The van der Waals surface area contributed by atoms with Crippen molar-refractivity contribution in [2.24, 2.45) is 5.73 Å². The van der Waals surface area contributed by atoms with Gasteiger partial charge in [0.1, 0.15) is 5.52 Å². The standard InChI is InChI=1S/C19H16F3N5O2/c20-19(21,22)11-2-1-3-12-16(11)26-17(24-7-6-23)18-25-9-13(27(12)18)10-4-5-14(28)15(29)8-10/h1-5,8-9,28-29H,6-7,23H2,(H,24,26). The van der Waals surface area contributed by atoms with E-state index in [0.29, 0.717) is 23.4 Å². The number of anilines is 1. The molecule has 2 aromatic carbocycles. The number of rotatable bonds is 4. The molecule has 0 fully saturated rings. The number of nitrogens with two attached hydrogens (primary N) is 1. The van der Waals surface area contributed by atoms with E-state index >= 15 is 0 Å². The Hall–Kier alpha value is -3.53. The van der Waals surface area contributed by atoms with Crippen molar-refractivity contribution in [3.8, 4) is 22.8 Å². The van der Waals surface area contributed by atoms with E-state index in [1.807, 2.05) is 0 Å². The Labute approximate surface area is 162 Å². The lowest BCUT2D eigenvalue weighted by Crippen LogP contribution is -2.16. The van der Waals surface area contributed by atoms with Crippen molar-refractivity contribution in [1.29, 1.82) is 0 Å². The summed E-state index contributed by atoms with van der Waals surface area (Å²) < 4.78 is 42.3. The lowest BCUT2D eigenvalue weighted by molar-refractivity contribution is -0.136. The molecule has 0 aliphatic carbocycles. The van der Waals surface area contributed by atoms with Gasteiger partial charge in [0.15, 0.2) is 23.0 Å². The van der Waals surface area contributed by atoms with E-state index < -0.39 is 11.7 Å². The van der Waals surface area contributed by atoms with Crippen LogP contribution in [-0.2, 0) is 6.18 Å². The highest BCUT2D eigenvalue weighted by Gasteiger charge is 2.34.